The van der Waals surface area contributed by atoms with Crippen LogP contribution in [0.2, 0.25) is 0 Å². The fourth-order valence-corrected chi connectivity index (χ4v) is 2.18. The lowest BCUT2D eigenvalue weighted by Crippen LogP contribution is -2.31. The van der Waals surface area contributed by atoms with E-state index < -0.39 is 0 Å². The van der Waals surface area contributed by atoms with Crippen molar-refractivity contribution in [3.63, 3.8) is 0 Å². The van der Waals surface area contributed by atoms with E-state index >= 15 is 0 Å². The SMILES string of the molecule is Cc1nc(CNC(=O)CCC2CCCNC2)no1. The summed E-state index contributed by atoms with van der Waals surface area (Å²) in [4.78, 5) is 15.7. The van der Waals surface area contributed by atoms with Gasteiger partial charge in [0.05, 0.1) is 6.54 Å². The molecule has 1 aromatic rings. The molecule has 1 aliphatic rings. The first-order valence-electron chi connectivity index (χ1n) is 6.50. The molecule has 0 radical (unpaired) electrons. The van der Waals surface area contributed by atoms with Crippen LogP contribution in [0.3, 0.4) is 0 Å². The largest absolute Gasteiger partial charge is 0.349 e. The molecule has 0 aliphatic carbocycles. The van der Waals surface area contributed by atoms with Crippen LogP contribution in [0.15, 0.2) is 4.52 Å². The van der Waals surface area contributed by atoms with Gasteiger partial charge in [-0.1, -0.05) is 5.16 Å². The second-order valence-electron chi connectivity index (χ2n) is 4.76. The molecule has 1 unspecified atom stereocenters. The Morgan fingerprint density at radius 3 is 3.17 bits per heavy atom. The van der Waals surface area contributed by atoms with Crippen LogP contribution in [0.25, 0.3) is 0 Å². The zero-order valence-electron chi connectivity index (χ0n) is 10.7. The van der Waals surface area contributed by atoms with E-state index in [1.807, 2.05) is 0 Å². The third-order valence-electron chi connectivity index (χ3n) is 3.19. The Balaban J connectivity index is 1.62. The predicted molar refractivity (Wildman–Crippen MR) is 65.7 cm³/mol. The molecule has 2 heterocycles. The van der Waals surface area contributed by atoms with E-state index in [0.29, 0.717) is 30.6 Å². The molecule has 1 aromatic heterocycles. The molecule has 1 saturated heterocycles. The van der Waals surface area contributed by atoms with Gasteiger partial charge in [0.15, 0.2) is 5.82 Å². The van der Waals surface area contributed by atoms with Crippen LogP contribution in [0.1, 0.15) is 37.4 Å². The lowest BCUT2D eigenvalue weighted by molar-refractivity contribution is -0.121. The monoisotopic (exact) mass is 252 g/mol. The summed E-state index contributed by atoms with van der Waals surface area (Å²) in [5.41, 5.74) is 0. The Labute approximate surface area is 107 Å². The summed E-state index contributed by atoms with van der Waals surface area (Å²) in [5, 5.41) is 9.89. The summed E-state index contributed by atoms with van der Waals surface area (Å²) in [6.07, 6.45) is 3.96. The van der Waals surface area contributed by atoms with Crippen molar-refractivity contribution in [3.05, 3.63) is 11.7 Å². The molecule has 6 heteroatoms. The number of hydrogen-bond donors (Lipinski definition) is 2. The maximum atomic E-state index is 11.6. The van der Waals surface area contributed by atoms with Crippen molar-refractivity contribution in [2.75, 3.05) is 13.1 Å². The minimum absolute atomic E-state index is 0.0584. The molecular formula is C12H20N4O2. The lowest BCUT2D eigenvalue weighted by Gasteiger charge is -2.22. The molecule has 1 fully saturated rings. The highest BCUT2D eigenvalue weighted by Crippen LogP contribution is 2.15. The smallest absolute Gasteiger partial charge is 0.223 e. The van der Waals surface area contributed by atoms with Crippen LogP contribution in [0.5, 0.6) is 0 Å². The molecule has 1 atom stereocenters. The van der Waals surface area contributed by atoms with Crippen molar-refractivity contribution in [2.45, 2.75) is 39.2 Å². The van der Waals surface area contributed by atoms with Crippen molar-refractivity contribution >= 4 is 5.91 Å². The van der Waals surface area contributed by atoms with Crippen molar-refractivity contribution in [1.82, 2.24) is 20.8 Å². The maximum absolute atomic E-state index is 11.6. The first-order chi connectivity index (χ1) is 8.74. The molecule has 0 bridgehead atoms. The number of hydrogen-bond acceptors (Lipinski definition) is 5. The number of nitrogens with one attached hydrogen (secondary N) is 2. The van der Waals surface area contributed by atoms with E-state index in [4.69, 9.17) is 4.52 Å². The Kier molecular flexibility index (Phi) is 4.69. The van der Waals surface area contributed by atoms with Gasteiger partial charge < -0.3 is 15.2 Å². The number of aromatic nitrogens is 2. The number of carbonyl (C=O) groups is 1. The van der Waals surface area contributed by atoms with Crippen molar-refractivity contribution in [2.24, 2.45) is 5.92 Å². The van der Waals surface area contributed by atoms with Gasteiger partial charge in [0.1, 0.15) is 0 Å². The maximum Gasteiger partial charge on any atom is 0.223 e. The standard InChI is InChI=1S/C12H20N4O2/c1-9-15-11(16-18-9)8-14-12(17)5-4-10-3-2-6-13-7-10/h10,13H,2-8H2,1H3,(H,14,17). The average Bonchev–Trinajstić information content (AvgIpc) is 2.81. The summed E-state index contributed by atoms with van der Waals surface area (Å²) in [6, 6.07) is 0. The van der Waals surface area contributed by atoms with Crippen LogP contribution in [-0.4, -0.2) is 29.1 Å². The fraction of sp³-hybridized carbons (Fsp3) is 0.750. The minimum atomic E-state index is 0.0584. The average molecular weight is 252 g/mol. The van der Waals surface area contributed by atoms with Gasteiger partial charge in [-0.2, -0.15) is 4.98 Å². The zero-order chi connectivity index (χ0) is 12.8. The highest BCUT2D eigenvalue weighted by atomic mass is 16.5. The third kappa shape index (κ3) is 4.10. The van der Waals surface area contributed by atoms with Gasteiger partial charge in [-0.15, -0.1) is 0 Å². The van der Waals surface area contributed by atoms with E-state index in [-0.39, 0.29) is 5.91 Å². The van der Waals surface area contributed by atoms with Gasteiger partial charge in [0.25, 0.3) is 0 Å². The van der Waals surface area contributed by atoms with E-state index in [0.717, 1.165) is 19.5 Å². The number of aryl methyl sites for hydroxylation is 1. The molecule has 0 spiro atoms. The number of nitrogens with zero attached hydrogens (tertiary/aromatic N) is 2. The highest BCUT2D eigenvalue weighted by molar-refractivity contribution is 5.75. The second-order valence-corrected chi connectivity index (χ2v) is 4.76. The Bertz CT molecular complexity index is 385. The third-order valence-corrected chi connectivity index (χ3v) is 3.19. The van der Waals surface area contributed by atoms with Crippen molar-refractivity contribution in [1.29, 1.82) is 0 Å². The van der Waals surface area contributed by atoms with Gasteiger partial charge in [0.2, 0.25) is 11.8 Å². The van der Waals surface area contributed by atoms with Gasteiger partial charge in [-0.3, -0.25) is 4.79 Å². The number of carbonyl (C=O) groups excluding carboxylic acids is 1. The molecule has 0 aromatic carbocycles. The van der Waals surface area contributed by atoms with Gasteiger partial charge >= 0.3 is 0 Å². The normalized spacial score (nSPS) is 19.7. The van der Waals surface area contributed by atoms with Crippen LogP contribution in [0.4, 0.5) is 0 Å². The summed E-state index contributed by atoms with van der Waals surface area (Å²) in [5.74, 6) is 1.74. The Hall–Kier alpha value is -1.43. The first-order valence-corrected chi connectivity index (χ1v) is 6.50. The zero-order valence-corrected chi connectivity index (χ0v) is 10.7. The van der Waals surface area contributed by atoms with E-state index in [2.05, 4.69) is 20.8 Å². The molecule has 2 N–H and O–H groups in total. The van der Waals surface area contributed by atoms with Gasteiger partial charge in [0, 0.05) is 13.3 Å². The predicted octanol–water partition coefficient (Wildman–Crippen LogP) is 0.774. The summed E-state index contributed by atoms with van der Waals surface area (Å²) in [7, 11) is 0. The molecular weight excluding hydrogens is 232 g/mol. The van der Waals surface area contributed by atoms with Crippen molar-refractivity contribution < 1.29 is 9.32 Å². The molecule has 100 valence electrons. The summed E-state index contributed by atoms with van der Waals surface area (Å²) in [6.45, 7) is 4.23. The van der Waals surface area contributed by atoms with E-state index in [1.165, 1.54) is 12.8 Å². The van der Waals surface area contributed by atoms with Gasteiger partial charge in [-0.25, -0.2) is 0 Å². The molecule has 1 amide bonds. The van der Waals surface area contributed by atoms with E-state index in [9.17, 15) is 4.79 Å². The number of piperidine rings is 1. The summed E-state index contributed by atoms with van der Waals surface area (Å²) < 4.78 is 4.83. The fourth-order valence-electron chi connectivity index (χ4n) is 2.18. The molecule has 1 aliphatic heterocycles. The number of amides is 1. The molecule has 0 saturated carbocycles. The van der Waals surface area contributed by atoms with Crippen molar-refractivity contribution in [3.8, 4) is 0 Å². The van der Waals surface area contributed by atoms with Crippen LogP contribution in [0, 0.1) is 12.8 Å². The molecule has 2 rings (SSSR count). The molecule has 6 nitrogen and oxygen atoms in total. The Morgan fingerprint density at radius 1 is 1.61 bits per heavy atom. The van der Waals surface area contributed by atoms with Crippen LogP contribution >= 0.6 is 0 Å². The van der Waals surface area contributed by atoms with Gasteiger partial charge in [-0.05, 0) is 38.3 Å². The Morgan fingerprint density at radius 2 is 2.50 bits per heavy atom. The van der Waals surface area contributed by atoms with Crippen LogP contribution in [-0.2, 0) is 11.3 Å². The highest BCUT2D eigenvalue weighted by Gasteiger charge is 2.14. The first kappa shape index (κ1) is 13.0. The molecule has 18 heavy (non-hydrogen) atoms. The van der Waals surface area contributed by atoms with Crippen LogP contribution < -0.4 is 10.6 Å². The van der Waals surface area contributed by atoms with E-state index in [1.54, 1.807) is 6.92 Å². The second kappa shape index (κ2) is 6.49. The quantitative estimate of drug-likeness (QED) is 0.809. The minimum Gasteiger partial charge on any atom is -0.349 e. The lowest BCUT2D eigenvalue weighted by atomic mass is 9.94. The topological polar surface area (TPSA) is 80.0 Å². The summed E-state index contributed by atoms with van der Waals surface area (Å²) >= 11 is 0. The number of rotatable bonds is 5.